The van der Waals surface area contributed by atoms with Gasteiger partial charge >= 0.3 is 0 Å². The fourth-order valence-corrected chi connectivity index (χ4v) is 5.77. The monoisotopic (exact) mass is 413 g/mol. The molecule has 0 aliphatic heterocycles. The summed E-state index contributed by atoms with van der Waals surface area (Å²) in [6.45, 7) is 4.52. The van der Waals surface area contributed by atoms with Gasteiger partial charge in [-0.3, -0.25) is 14.2 Å². The molecular weight excluding hydrogens is 382 g/mol. The first-order valence-electron chi connectivity index (χ1n) is 11.0. The Morgan fingerprint density at radius 2 is 1.90 bits per heavy atom. The molecule has 0 spiro atoms. The summed E-state index contributed by atoms with van der Waals surface area (Å²) in [5.74, 6) is 1.34. The van der Waals surface area contributed by atoms with Crippen LogP contribution in [0.1, 0.15) is 64.8 Å². The largest absolute Gasteiger partial charge is 0.353 e. The summed E-state index contributed by atoms with van der Waals surface area (Å²) >= 11 is 1.40. The zero-order chi connectivity index (χ0) is 20.4. The van der Waals surface area contributed by atoms with E-state index in [0.29, 0.717) is 39.7 Å². The van der Waals surface area contributed by atoms with Gasteiger partial charge < -0.3 is 5.32 Å². The summed E-state index contributed by atoms with van der Waals surface area (Å²) in [7, 11) is 0. The summed E-state index contributed by atoms with van der Waals surface area (Å²) in [5.41, 5.74) is 0.740. The third-order valence-electron chi connectivity index (χ3n) is 6.82. The SMILES string of the molecule is C[C@@H]1[C@H](C)CCC[C@@H]1n1c(SCC(=O)NC2CCCC2)nc2ccccc2c1=O. The highest BCUT2D eigenvalue weighted by atomic mass is 32.2. The van der Waals surface area contributed by atoms with Gasteiger partial charge in [0.05, 0.1) is 16.7 Å². The van der Waals surface area contributed by atoms with Gasteiger partial charge in [0.15, 0.2) is 5.16 Å². The average molecular weight is 414 g/mol. The minimum Gasteiger partial charge on any atom is -0.353 e. The van der Waals surface area contributed by atoms with Gasteiger partial charge in [0, 0.05) is 12.1 Å². The van der Waals surface area contributed by atoms with Crippen molar-refractivity contribution in [3.63, 3.8) is 0 Å². The Bertz CT molecular complexity index is 935. The maximum absolute atomic E-state index is 13.4. The fourth-order valence-electron chi connectivity index (χ4n) is 4.91. The van der Waals surface area contributed by atoms with Crippen molar-refractivity contribution in [2.75, 3.05) is 5.75 Å². The van der Waals surface area contributed by atoms with Crippen LogP contribution >= 0.6 is 11.8 Å². The summed E-state index contributed by atoms with van der Waals surface area (Å²) < 4.78 is 1.90. The Hall–Kier alpha value is -1.82. The lowest BCUT2D eigenvalue weighted by molar-refractivity contribution is -0.119. The van der Waals surface area contributed by atoms with Crippen LogP contribution in [0.2, 0.25) is 0 Å². The minimum absolute atomic E-state index is 0.0280. The third-order valence-corrected chi connectivity index (χ3v) is 7.78. The second-order valence-electron chi connectivity index (χ2n) is 8.76. The number of benzene rings is 1. The van der Waals surface area contributed by atoms with Crippen molar-refractivity contribution in [3.05, 3.63) is 34.6 Å². The van der Waals surface area contributed by atoms with E-state index in [9.17, 15) is 9.59 Å². The van der Waals surface area contributed by atoms with Crippen molar-refractivity contribution >= 4 is 28.6 Å². The zero-order valence-electron chi connectivity index (χ0n) is 17.4. The van der Waals surface area contributed by atoms with Gasteiger partial charge in [0.1, 0.15) is 0 Å². The molecule has 2 aliphatic carbocycles. The van der Waals surface area contributed by atoms with E-state index in [1.54, 1.807) is 0 Å². The number of hydrogen-bond donors (Lipinski definition) is 1. The molecule has 2 saturated carbocycles. The maximum atomic E-state index is 13.4. The molecule has 1 aromatic carbocycles. The Kier molecular flexibility index (Phi) is 6.28. The molecule has 0 radical (unpaired) electrons. The number of fused-ring (bicyclic) bond motifs is 1. The maximum Gasteiger partial charge on any atom is 0.262 e. The Labute approximate surface area is 176 Å². The molecule has 156 valence electrons. The first-order valence-corrected chi connectivity index (χ1v) is 12.0. The number of para-hydroxylation sites is 1. The lowest BCUT2D eigenvalue weighted by atomic mass is 9.78. The van der Waals surface area contributed by atoms with Gasteiger partial charge in [-0.1, -0.05) is 63.4 Å². The molecule has 1 aromatic heterocycles. The van der Waals surface area contributed by atoms with Crippen LogP contribution in [-0.2, 0) is 4.79 Å². The van der Waals surface area contributed by atoms with Gasteiger partial charge in [0.25, 0.3) is 5.56 Å². The molecule has 5 nitrogen and oxygen atoms in total. The fraction of sp³-hybridized carbons (Fsp3) is 0.609. The highest BCUT2D eigenvalue weighted by molar-refractivity contribution is 7.99. The third kappa shape index (κ3) is 4.37. The lowest BCUT2D eigenvalue weighted by Crippen LogP contribution is -2.36. The first-order chi connectivity index (χ1) is 14.0. The van der Waals surface area contributed by atoms with Crippen LogP contribution in [0.15, 0.2) is 34.2 Å². The number of hydrogen-bond acceptors (Lipinski definition) is 4. The predicted molar refractivity (Wildman–Crippen MR) is 118 cm³/mol. The molecule has 4 rings (SSSR count). The van der Waals surface area contributed by atoms with Gasteiger partial charge in [-0.05, 0) is 43.2 Å². The Balaban J connectivity index is 1.64. The lowest BCUT2D eigenvalue weighted by Gasteiger charge is -2.36. The molecule has 0 bridgehead atoms. The van der Waals surface area contributed by atoms with Gasteiger partial charge in [0.2, 0.25) is 5.91 Å². The number of rotatable bonds is 5. The summed E-state index contributed by atoms with van der Waals surface area (Å²) in [6.07, 6.45) is 7.87. The van der Waals surface area contributed by atoms with Crippen LogP contribution < -0.4 is 10.9 Å². The molecule has 2 aromatic rings. The normalized spacial score (nSPS) is 25.4. The van der Waals surface area contributed by atoms with Crippen LogP contribution in [0.25, 0.3) is 10.9 Å². The van der Waals surface area contributed by atoms with E-state index in [0.717, 1.165) is 25.7 Å². The zero-order valence-corrected chi connectivity index (χ0v) is 18.2. The van der Waals surface area contributed by atoms with E-state index < -0.39 is 0 Å². The number of aromatic nitrogens is 2. The molecule has 0 saturated heterocycles. The van der Waals surface area contributed by atoms with E-state index in [1.807, 2.05) is 28.8 Å². The van der Waals surface area contributed by atoms with E-state index in [4.69, 9.17) is 4.98 Å². The topological polar surface area (TPSA) is 64.0 Å². The first kappa shape index (κ1) is 20.5. The highest BCUT2D eigenvalue weighted by Crippen LogP contribution is 2.38. The van der Waals surface area contributed by atoms with Crippen molar-refractivity contribution in [3.8, 4) is 0 Å². The van der Waals surface area contributed by atoms with Crippen molar-refractivity contribution in [2.24, 2.45) is 11.8 Å². The van der Waals surface area contributed by atoms with E-state index in [-0.39, 0.29) is 17.5 Å². The van der Waals surface area contributed by atoms with Crippen LogP contribution in [0.5, 0.6) is 0 Å². The Morgan fingerprint density at radius 3 is 2.69 bits per heavy atom. The quantitative estimate of drug-likeness (QED) is 0.577. The summed E-state index contributed by atoms with van der Waals surface area (Å²) in [4.78, 5) is 30.7. The molecule has 1 N–H and O–H groups in total. The molecule has 0 unspecified atom stereocenters. The van der Waals surface area contributed by atoms with Crippen LogP contribution in [0, 0.1) is 11.8 Å². The predicted octanol–water partition coefficient (Wildman–Crippen LogP) is 4.54. The molecular formula is C23H31N3O2S. The number of carbonyl (C=O) groups is 1. The van der Waals surface area contributed by atoms with E-state index in [2.05, 4.69) is 19.2 Å². The number of amides is 1. The van der Waals surface area contributed by atoms with Gasteiger partial charge in [-0.25, -0.2) is 4.98 Å². The van der Waals surface area contributed by atoms with Crippen molar-refractivity contribution in [1.82, 2.24) is 14.9 Å². The number of thioether (sulfide) groups is 1. The van der Waals surface area contributed by atoms with Crippen LogP contribution in [-0.4, -0.2) is 27.3 Å². The molecule has 29 heavy (non-hydrogen) atoms. The number of nitrogens with one attached hydrogen (secondary N) is 1. The molecule has 6 heteroatoms. The van der Waals surface area contributed by atoms with E-state index >= 15 is 0 Å². The standard InChI is InChI=1S/C23H31N3O2S/c1-15-8-7-13-20(16(15)2)26-22(28)18-11-5-6-12-19(18)25-23(26)29-14-21(27)24-17-9-3-4-10-17/h5-6,11-12,15-17,20H,3-4,7-10,13-14H2,1-2H3,(H,24,27)/t15-,16-,20+/m1/s1. The van der Waals surface area contributed by atoms with Crippen LogP contribution in [0.4, 0.5) is 0 Å². The highest BCUT2D eigenvalue weighted by Gasteiger charge is 2.31. The molecule has 1 amide bonds. The van der Waals surface area contributed by atoms with Crippen molar-refractivity contribution < 1.29 is 4.79 Å². The summed E-state index contributed by atoms with van der Waals surface area (Å²) in [6, 6.07) is 8.00. The van der Waals surface area contributed by atoms with Gasteiger partial charge in [-0.2, -0.15) is 0 Å². The van der Waals surface area contributed by atoms with E-state index in [1.165, 1.54) is 31.0 Å². The van der Waals surface area contributed by atoms with Crippen molar-refractivity contribution in [1.29, 1.82) is 0 Å². The average Bonchev–Trinajstić information content (AvgIpc) is 3.22. The molecule has 2 aliphatic rings. The molecule has 1 heterocycles. The number of nitrogens with zero attached hydrogens (tertiary/aromatic N) is 2. The van der Waals surface area contributed by atoms with Crippen LogP contribution in [0.3, 0.4) is 0 Å². The number of carbonyl (C=O) groups excluding carboxylic acids is 1. The van der Waals surface area contributed by atoms with Crippen molar-refractivity contribution in [2.45, 2.75) is 76.0 Å². The minimum atomic E-state index is 0.0280. The smallest absolute Gasteiger partial charge is 0.262 e. The molecule has 3 atom stereocenters. The second-order valence-corrected chi connectivity index (χ2v) is 9.70. The second kappa shape index (κ2) is 8.90. The molecule has 2 fully saturated rings. The Morgan fingerprint density at radius 1 is 1.14 bits per heavy atom. The van der Waals surface area contributed by atoms with Gasteiger partial charge in [-0.15, -0.1) is 0 Å². The summed E-state index contributed by atoms with van der Waals surface area (Å²) in [5, 5.41) is 4.49.